The molecule has 0 amide bonds. The number of nitrogens with zero attached hydrogens (tertiary/aromatic N) is 1. The predicted molar refractivity (Wildman–Crippen MR) is 57.8 cm³/mol. The maximum absolute atomic E-state index is 10.9. The first-order chi connectivity index (χ1) is 7.04. The van der Waals surface area contributed by atoms with Crippen molar-refractivity contribution in [1.82, 2.24) is 4.90 Å². The summed E-state index contributed by atoms with van der Waals surface area (Å²) in [6.45, 7) is 6.71. The topological polar surface area (TPSA) is 49.8 Å². The van der Waals surface area contributed by atoms with Gasteiger partial charge in [-0.1, -0.05) is 13.8 Å². The fourth-order valence-electron chi connectivity index (χ4n) is 1.95. The Morgan fingerprint density at radius 2 is 2.20 bits per heavy atom. The molecule has 0 aliphatic carbocycles. The van der Waals surface area contributed by atoms with Gasteiger partial charge in [-0.2, -0.15) is 0 Å². The largest absolute Gasteiger partial charge is 0.481 e. The minimum absolute atomic E-state index is 0.144. The van der Waals surface area contributed by atoms with Crippen LogP contribution in [0, 0.1) is 11.8 Å². The summed E-state index contributed by atoms with van der Waals surface area (Å²) in [6, 6.07) is 0. The van der Waals surface area contributed by atoms with Crippen molar-refractivity contribution in [1.29, 1.82) is 0 Å². The Labute approximate surface area is 91.2 Å². The molecule has 0 radical (unpaired) electrons. The summed E-state index contributed by atoms with van der Waals surface area (Å²) in [5.41, 5.74) is 0. The van der Waals surface area contributed by atoms with E-state index in [1.165, 1.54) is 0 Å². The molecule has 0 aromatic heterocycles. The van der Waals surface area contributed by atoms with Gasteiger partial charge in [0, 0.05) is 20.2 Å². The number of rotatable bonds is 5. The summed E-state index contributed by atoms with van der Waals surface area (Å²) < 4.78 is 5.20. The minimum Gasteiger partial charge on any atom is -0.481 e. The van der Waals surface area contributed by atoms with Crippen LogP contribution >= 0.6 is 0 Å². The van der Waals surface area contributed by atoms with Crippen LogP contribution < -0.4 is 0 Å². The quantitative estimate of drug-likeness (QED) is 0.745. The third-order valence-electron chi connectivity index (χ3n) is 2.98. The monoisotopic (exact) mass is 215 g/mol. The number of hydrogen-bond acceptors (Lipinski definition) is 3. The van der Waals surface area contributed by atoms with Crippen LogP contribution in [-0.4, -0.2) is 48.8 Å². The molecule has 1 N–H and O–H groups in total. The molecule has 1 heterocycles. The van der Waals surface area contributed by atoms with Crippen LogP contribution in [0.5, 0.6) is 0 Å². The molecule has 88 valence electrons. The van der Waals surface area contributed by atoms with E-state index in [4.69, 9.17) is 9.84 Å². The number of carboxylic acids is 1. The number of carbonyl (C=O) groups is 1. The lowest BCUT2D eigenvalue weighted by molar-refractivity contribution is -0.144. The fourth-order valence-corrected chi connectivity index (χ4v) is 1.95. The summed E-state index contributed by atoms with van der Waals surface area (Å²) in [7, 11) is 1.59. The lowest BCUT2D eigenvalue weighted by Crippen LogP contribution is -2.27. The zero-order valence-corrected chi connectivity index (χ0v) is 9.77. The van der Waals surface area contributed by atoms with Gasteiger partial charge < -0.3 is 9.84 Å². The highest BCUT2D eigenvalue weighted by Gasteiger charge is 2.37. The molecule has 1 aliphatic rings. The average molecular weight is 215 g/mol. The van der Waals surface area contributed by atoms with Gasteiger partial charge in [-0.15, -0.1) is 0 Å². The molecular weight excluding hydrogens is 194 g/mol. The fraction of sp³-hybridized carbons (Fsp3) is 0.909. The van der Waals surface area contributed by atoms with Crippen molar-refractivity contribution in [2.75, 3.05) is 26.7 Å². The van der Waals surface area contributed by atoms with Crippen molar-refractivity contribution in [3.8, 4) is 0 Å². The van der Waals surface area contributed by atoms with E-state index in [9.17, 15) is 4.79 Å². The van der Waals surface area contributed by atoms with Gasteiger partial charge in [-0.05, 0) is 18.9 Å². The van der Waals surface area contributed by atoms with Gasteiger partial charge in [-0.25, -0.2) is 0 Å². The molecule has 4 heteroatoms. The number of carboxylic acid groups (broad SMARTS) is 1. The third kappa shape index (κ3) is 3.47. The summed E-state index contributed by atoms with van der Waals surface area (Å²) >= 11 is 0. The van der Waals surface area contributed by atoms with Gasteiger partial charge in [0.15, 0.2) is 0 Å². The van der Waals surface area contributed by atoms with Crippen LogP contribution in [-0.2, 0) is 9.53 Å². The number of likely N-dealkylation sites (tertiary alicyclic amines) is 1. The molecular formula is C11H21NO3. The van der Waals surface area contributed by atoms with E-state index in [0.717, 1.165) is 19.5 Å². The number of methoxy groups -OCH3 is 1. The number of ether oxygens (including phenoxy) is 1. The second-order valence-electron chi connectivity index (χ2n) is 4.66. The average Bonchev–Trinajstić information content (AvgIpc) is 2.57. The van der Waals surface area contributed by atoms with Crippen LogP contribution in [0.4, 0.5) is 0 Å². The van der Waals surface area contributed by atoms with Gasteiger partial charge in [0.25, 0.3) is 0 Å². The highest BCUT2D eigenvalue weighted by Crippen LogP contribution is 2.20. The van der Waals surface area contributed by atoms with Gasteiger partial charge in [-0.3, -0.25) is 9.69 Å². The van der Waals surface area contributed by atoms with Gasteiger partial charge in [0.2, 0.25) is 0 Å². The van der Waals surface area contributed by atoms with Gasteiger partial charge in [0.1, 0.15) is 0 Å². The lowest BCUT2D eigenvalue weighted by Gasteiger charge is -2.16. The molecule has 2 atom stereocenters. The van der Waals surface area contributed by atoms with E-state index in [-0.39, 0.29) is 12.0 Å². The summed E-state index contributed by atoms with van der Waals surface area (Å²) in [5, 5.41) is 9.00. The first kappa shape index (κ1) is 12.5. The molecule has 1 rings (SSSR count). The van der Waals surface area contributed by atoms with Crippen molar-refractivity contribution in [3.63, 3.8) is 0 Å². The molecule has 0 aromatic rings. The van der Waals surface area contributed by atoms with E-state index in [0.29, 0.717) is 12.5 Å². The Morgan fingerprint density at radius 3 is 2.60 bits per heavy atom. The second kappa shape index (κ2) is 5.47. The third-order valence-corrected chi connectivity index (χ3v) is 2.98. The van der Waals surface area contributed by atoms with Gasteiger partial charge in [0.05, 0.1) is 12.0 Å². The first-order valence-electron chi connectivity index (χ1n) is 5.52. The Morgan fingerprint density at radius 1 is 1.53 bits per heavy atom. The molecule has 15 heavy (non-hydrogen) atoms. The lowest BCUT2D eigenvalue weighted by atomic mass is 10.1. The maximum atomic E-state index is 10.9. The Kier molecular flexibility index (Phi) is 4.54. The molecule has 0 spiro atoms. The van der Waals surface area contributed by atoms with Gasteiger partial charge >= 0.3 is 5.97 Å². The van der Waals surface area contributed by atoms with Crippen molar-refractivity contribution in [2.24, 2.45) is 11.8 Å². The van der Waals surface area contributed by atoms with Crippen LogP contribution in [0.1, 0.15) is 20.3 Å². The first-order valence-corrected chi connectivity index (χ1v) is 5.52. The standard InChI is InChI=1S/C11H21NO3/c1-8(2)4-5-12-6-9(11(13)14)10(7-12)15-3/h8-10H,4-7H2,1-3H3,(H,13,14)/t9-,10+/m0/s1. The zero-order valence-electron chi connectivity index (χ0n) is 9.77. The summed E-state index contributed by atoms with van der Waals surface area (Å²) in [5.74, 6) is -0.439. The molecule has 1 fully saturated rings. The van der Waals surface area contributed by atoms with E-state index in [1.54, 1.807) is 7.11 Å². The van der Waals surface area contributed by atoms with Crippen LogP contribution in [0.25, 0.3) is 0 Å². The van der Waals surface area contributed by atoms with Crippen molar-refractivity contribution < 1.29 is 14.6 Å². The highest BCUT2D eigenvalue weighted by molar-refractivity contribution is 5.71. The van der Waals surface area contributed by atoms with Crippen molar-refractivity contribution in [2.45, 2.75) is 26.4 Å². The van der Waals surface area contributed by atoms with E-state index in [2.05, 4.69) is 18.7 Å². The summed E-state index contributed by atoms with van der Waals surface area (Å²) in [4.78, 5) is 13.1. The minimum atomic E-state index is -0.742. The Balaban J connectivity index is 2.42. The van der Waals surface area contributed by atoms with Crippen LogP contribution in [0.3, 0.4) is 0 Å². The molecule has 0 aromatic carbocycles. The van der Waals surface area contributed by atoms with E-state index in [1.807, 2.05) is 0 Å². The molecule has 0 bridgehead atoms. The van der Waals surface area contributed by atoms with E-state index >= 15 is 0 Å². The van der Waals surface area contributed by atoms with Crippen molar-refractivity contribution >= 4 is 5.97 Å². The Hall–Kier alpha value is -0.610. The highest BCUT2D eigenvalue weighted by atomic mass is 16.5. The second-order valence-corrected chi connectivity index (χ2v) is 4.66. The smallest absolute Gasteiger partial charge is 0.310 e. The van der Waals surface area contributed by atoms with Crippen LogP contribution in [0.15, 0.2) is 0 Å². The zero-order chi connectivity index (χ0) is 11.4. The Bertz CT molecular complexity index is 218. The molecule has 1 saturated heterocycles. The molecule has 0 unspecified atom stereocenters. The van der Waals surface area contributed by atoms with Crippen LogP contribution in [0.2, 0.25) is 0 Å². The number of hydrogen-bond donors (Lipinski definition) is 1. The maximum Gasteiger partial charge on any atom is 0.310 e. The van der Waals surface area contributed by atoms with Crippen molar-refractivity contribution in [3.05, 3.63) is 0 Å². The molecule has 1 aliphatic heterocycles. The van der Waals surface area contributed by atoms with E-state index < -0.39 is 5.97 Å². The molecule has 0 saturated carbocycles. The molecule has 4 nitrogen and oxygen atoms in total. The summed E-state index contributed by atoms with van der Waals surface area (Å²) in [6.07, 6.45) is 0.970. The SMILES string of the molecule is CO[C@@H]1CN(CCC(C)C)C[C@@H]1C(=O)O. The predicted octanol–water partition coefficient (Wildman–Crippen LogP) is 1.06. The number of aliphatic carboxylic acids is 1. The normalized spacial score (nSPS) is 27.5.